The summed E-state index contributed by atoms with van der Waals surface area (Å²) in [6.45, 7) is 5.04. The van der Waals surface area contributed by atoms with Gasteiger partial charge in [0.25, 0.3) is 10.0 Å². The number of piperidine rings is 1. The number of thiophene rings is 1. The van der Waals surface area contributed by atoms with Crippen LogP contribution in [0.2, 0.25) is 0 Å². The molecule has 1 aliphatic rings. The molecule has 2 aromatic rings. The summed E-state index contributed by atoms with van der Waals surface area (Å²) in [6, 6.07) is 13.4. The van der Waals surface area contributed by atoms with E-state index in [0.717, 1.165) is 15.8 Å². The second-order valence-corrected chi connectivity index (χ2v) is 12.5. The topological polar surface area (TPSA) is 66.5 Å². The molecule has 1 unspecified atom stereocenters. The molecular formula is C21H27BrN2O3S2. The molecule has 3 rings (SSSR count). The van der Waals surface area contributed by atoms with E-state index < -0.39 is 10.0 Å². The van der Waals surface area contributed by atoms with Gasteiger partial charge in [-0.15, -0.1) is 11.3 Å². The van der Waals surface area contributed by atoms with Gasteiger partial charge in [0.1, 0.15) is 4.21 Å². The van der Waals surface area contributed by atoms with Gasteiger partial charge in [-0.05, 0) is 58.8 Å². The van der Waals surface area contributed by atoms with E-state index in [9.17, 15) is 13.2 Å². The molecule has 5 nitrogen and oxygen atoms in total. The second-order valence-electron chi connectivity index (χ2n) is 7.84. The number of carbonyl (C=O) groups excluding carboxylic acids is 1. The minimum atomic E-state index is -3.48. The van der Waals surface area contributed by atoms with E-state index in [2.05, 4.69) is 35.1 Å². The summed E-state index contributed by atoms with van der Waals surface area (Å²) < 4.78 is 28.2. The van der Waals surface area contributed by atoms with Crippen LogP contribution in [-0.2, 0) is 14.8 Å². The van der Waals surface area contributed by atoms with Crippen LogP contribution in [-0.4, -0.2) is 31.7 Å². The molecule has 0 aliphatic carbocycles. The highest BCUT2D eigenvalue weighted by Crippen LogP contribution is 2.31. The lowest BCUT2D eigenvalue weighted by Crippen LogP contribution is -2.43. The molecule has 1 amide bonds. The van der Waals surface area contributed by atoms with Crippen molar-refractivity contribution in [3.8, 4) is 0 Å². The van der Waals surface area contributed by atoms with Crippen LogP contribution in [0.25, 0.3) is 0 Å². The largest absolute Gasteiger partial charge is 0.349 e. The molecule has 0 saturated carbocycles. The third-order valence-electron chi connectivity index (χ3n) is 5.19. The van der Waals surface area contributed by atoms with Gasteiger partial charge in [0.15, 0.2) is 0 Å². The Kier molecular flexibility index (Phi) is 7.53. The standard InChI is InChI=1S/C21H27BrN2O3S2/c1-15(2)14-18(16-6-4-3-5-7-16)23-21(25)17-10-12-24(13-11-17)29(26,27)20-9-8-19(22)28-20/h3-9,15,17-18H,10-14H2,1-2H3,(H,23,25). The van der Waals surface area contributed by atoms with E-state index in [-0.39, 0.29) is 17.9 Å². The SMILES string of the molecule is CC(C)CC(NC(=O)C1CCN(S(=O)(=O)c2ccc(Br)s2)CC1)c1ccccc1. The smallest absolute Gasteiger partial charge is 0.252 e. The van der Waals surface area contributed by atoms with Crippen LogP contribution in [0.1, 0.15) is 44.7 Å². The number of carbonyl (C=O) groups is 1. The van der Waals surface area contributed by atoms with Crippen molar-refractivity contribution in [3.05, 3.63) is 51.8 Å². The summed E-state index contributed by atoms with van der Waals surface area (Å²) in [5.41, 5.74) is 1.11. The normalized spacial score (nSPS) is 17.4. The molecule has 1 fully saturated rings. The fraction of sp³-hybridized carbons (Fsp3) is 0.476. The number of sulfonamides is 1. The van der Waals surface area contributed by atoms with E-state index in [1.165, 1.54) is 15.6 Å². The van der Waals surface area contributed by atoms with Crippen molar-refractivity contribution in [2.24, 2.45) is 11.8 Å². The molecule has 29 heavy (non-hydrogen) atoms. The number of halogens is 1. The van der Waals surface area contributed by atoms with Gasteiger partial charge in [0, 0.05) is 19.0 Å². The highest BCUT2D eigenvalue weighted by atomic mass is 79.9. The molecule has 1 N–H and O–H groups in total. The number of hydrogen-bond donors (Lipinski definition) is 1. The predicted molar refractivity (Wildman–Crippen MR) is 120 cm³/mol. The molecule has 1 saturated heterocycles. The summed E-state index contributed by atoms with van der Waals surface area (Å²) in [5.74, 6) is 0.322. The first-order valence-corrected chi connectivity index (χ1v) is 12.9. The first kappa shape index (κ1) is 22.5. The lowest BCUT2D eigenvalue weighted by atomic mass is 9.93. The van der Waals surface area contributed by atoms with Gasteiger partial charge in [0.2, 0.25) is 5.91 Å². The van der Waals surface area contributed by atoms with Crippen molar-refractivity contribution in [1.82, 2.24) is 9.62 Å². The summed E-state index contributed by atoms with van der Waals surface area (Å²) >= 11 is 4.53. The highest BCUT2D eigenvalue weighted by molar-refractivity contribution is 9.11. The van der Waals surface area contributed by atoms with E-state index in [4.69, 9.17) is 0 Å². The third kappa shape index (κ3) is 5.69. The molecule has 0 bridgehead atoms. The maximum atomic E-state index is 12.9. The summed E-state index contributed by atoms with van der Waals surface area (Å²) in [4.78, 5) is 12.9. The Hall–Kier alpha value is -1.22. The van der Waals surface area contributed by atoms with Crippen LogP contribution >= 0.6 is 27.3 Å². The Balaban J connectivity index is 1.62. The first-order valence-electron chi connectivity index (χ1n) is 9.88. The Bertz CT molecular complexity index is 920. The number of rotatable bonds is 7. The average Bonchev–Trinajstić information content (AvgIpc) is 3.15. The molecule has 1 aliphatic heterocycles. The van der Waals surface area contributed by atoms with Crippen LogP contribution in [0.3, 0.4) is 0 Å². The molecule has 0 radical (unpaired) electrons. The lowest BCUT2D eigenvalue weighted by Gasteiger charge is -2.31. The number of hydrogen-bond acceptors (Lipinski definition) is 4. The van der Waals surface area contributed by atoms with Gasteiger partial charge in [-0.3, -0.25) is 4.79 Å². The first-order chi connectivity index (χ1) is 13.8. The summed E-state index contributed by atoms with van der Waals surface area (Å²) in [7, 11) is -3.48. The Morgan fingerprint density at radius 3 is 2.38 bits per heavy atom. The van der Waals surface area contributed by atoms with Gasteiger partial charge in [-0.2, -0.15) is 4.31 Å². The number of benzene rings is 1. The van der Waals surface area contributed by atoms with Crippen molar-refractivity contribution < 1.29 is 13.2 Å². The number of amides is 1. The van der Waals surface area contributed by atoms with Gasteiger partial charge in [-0.25, -0.2) is 8.42 Å². The minimum absolute atomic E-state index is 0.0195. The Labute approximate surface area is 185 Å². The maximum absolute atomic E-state index is 12.9. The average molecular weight is 499 g/mol. The van der Waals surface area contributed by atoms with Gasteiger partial charge in [-0.1, -0.05) is 44.2 Å². The highest BCUT2D eigenvalue weighted by Gasteiger charge is 2.33. The van der Waals surface area contributed by atoms with Crippen LogP contribution in [0, 0.1) is 11.8 Å². The summed E-state index contributed by atoms with van der Waals surface area (Å²) in [5, 5.41) is 3.21. The van der Waals surface area contributed by atoms with Crippen LogP contribution in [0.4, 0.5) is 0 Å². The van der Waals surface area contributed by atoms with Crippen LogP contribution in [0.5, 0.6) is 0 Å². The van der Waals surface area contributed by atoms with Crippen molar-refractivity contribution in [3.63, 3.8) is 0 Å². The zero-order valence-corrected chi connectivity index (χ0v) is 19.9. The van der Waals surface area contributed by atoms with E-state index in [1.54, 1.807) is 12.1 Å². The maximum Gasteiger partial charge on any atom is 0.252 e. The molecular weight excluding hydrogens is 472 g/mol. The van der Waals surface area contributed by atoms with Gasteiger partial charge >= 0.3 is 0 Å². The molecule has 8 heteroatoms. The Morgan fingerprint density at radius 1 is 1.17 bits per heavy atom. The van der Waals surface area contributed by atoms with Crippen LogP contribution < -0.4 is 5.32 Å². The van der Waals surface area contributed by atoms with Crippen molar-refractivity contribution in [2.45, 2.75) is 43.4 Å². The monoisotopic (exact) mass is 498 g/mol. The number of nitrogens with zero attached hydrogens (tertiary/aromatic N) is 1. The van der Waals surface area contributed by atoms with Gasteiger partial charge < -0.3 is 5.32 Å². The molecule has 1 atom stereocenters. The quantitative estimate of drug-likeness (QED) is 0.595. The lowest BCUT2D eigenvalue weighted by molar-refractivity contribution is -0.127. The van der Waals surface area contributed by atoms with E-state index in [0.29, 0.717) is 36.1 Å². The van der Waals surface area contributed by atoms with Gasteiger partial charge in [0.05, 0.1) is 9.83 Å². The van der Waals surface area contributed by atoms with Crippen molar-refractivity contribution in [2.75, 3.05) is 13.1 Å². The fourth-order valence-electron chi connectivity index (χ4n) is 3.65. The molecule has 2 heterocycles. The van der Waals surface area contributed by atoms with E-state index >= 15 is 0 Å². The minimum Gasteiger partial charge on any atom is -0.349 e. The third-order valence-corrected chi connectivity index (χ3v) is 9.18. The molecule has 1 aromatic heterocycles. The second kappa shape index (κ2) is 9.73. The summed E-state index contributed by atoms with van der Waals surface area (Å²) in [6.07, 6.45) is 1.96. The van der Waals surface area contributed by atoms with E-state index in [1.807, 2.05) is 30.3 Å². The Morgan fingerprint density at radius 2 is 1.83 bits per heavy atom. The zero-order chi connectivity index (χ0) is 21.0. The number of nitrogens with one attached hydrogen (secondary N) is 1. The molecule has 158 valence electrons. The fourth-order valence-corrected chi connectivity index (χ4v) is 7.28. The van der Waals surface area contributed by atoms with Crippen LogP contribution in [0.15, 0.2) is 50.5 Å². The molecule has 1 aromatic carbocycles. The predicted octanol–water partition coefficient (Wildman–Crippen LogP) is 4.81. The molecule has 0 spiro atoms. The zero-order valence-electron chi connectivity index (χ0n) is 16.7. The van der Waals surface area contributed by atoms with Crippen molar-refractivity contribution >= 4 is 43.2 Å². The van der Waals surface area contributed by atoms with Crippen molar-refractivity contribution in [1.29, 1.82) is 0 Å².